The Labute approximate surface area is 188 Å². The van der Waals surface area contributed by atoms with Crippen molar-refractivity contribution in [3.05, 3.63) is 72.2 Å². The maximum Gasteiger partial charge on any atom is 0.251 e. The van der Waals surface area contributed by atoms with Crippen LogP contribution in [0.2, 0.25) is 0 Å². The van der Waals surface area contributed by atoms with Crippen LogP contribution in [0.1, 0.15) is 22.8 Å². The highest BCUT2D eigenvalue weighted by Crippen LogP contribution is 2.22. The van der Waals surface area contributed by atoms with Gasteiger partial charge in [-0.25, -0.2) is 15.0 Å². The third-order valence-electron chi connectivity index (χ3n) is 4.77. The van der Waals surface area contributed by atoms with Crippen LogP contribution >= 0.6 is 0 Å². The zero-order valence-corrected chi connectivity index (χ0v) is 18.6. The van der Waals surface area contributed by atoms with Crippen molar-refractivity contribution in [2.45, 2.75) is 13.3 Å². The molecule has 0 spiro atoms. The van der Waals surface area contributed by atoms with Crippen molar-refractivity contribution in [1.82, 2.24) is 20.3 Å². The molecule has 32 heavy (non-hydrogen) atoms. The minimum absolute atomic E-state index is 0.143. The van der Waals surface area contributed by atoms with Crippen molar-refractivity contribution in [2.75, 3.05) is 37.9 Å². The second-order valence-electron chi connectivity index (χ2n) is 7.31. The number of hydrogen-bond acceptors (Lipinski definition) is 7. The van der Waals surface area contributed by atoms with Gasteiger partial charge in [0, 0.05) is 43.5 Å². The van der Waals surface area contributed by atoms with Crippen molar-refractivity contribution < 1.29 is 9.53 Å². The number of aromatic nitrogens is 3. The van der Waals surface area contributed by atoms with E-state index in [9.17, 15) is 4.79 Å². The first-order chi connectivity index (χ1) is 15.5. The van der Waals surface area contributed by atoms with Crippen molar-refractivity contribution in [1.29, 1.82) is 0 Å². The highest BCUT2D eigenvalue weighted by molar-refractivity contribution is 5.94. The summed E-state index contributed by atoms with van der Waals surface area (Å²) in [5.74, 6) is 2.05. The number of carbonyl (C=O) groups excluding carboxylic acids is 1. The number of benzene rings is 1. The molecule has 2 aromatic heterocycles. The number of methoxy groups -OCH3 is 1. The molecule has 0 bridgehead atoms. The Bertz CT molecular complexity index is 1080. The zero-order chi connectivity index (χ0) is 22.9. The average Bonchev–Trinajstić information content (AvgIpc) is 2.83. The molecule has 3 aromatic rings. The maximum atomic E-state index is 11.8. The number of anilines is 2. The van der Waals surface area contributed by atoms with Crippen molar-refractivity contribution in [3.8, 4) is 17.0 Å². The molecule has 8 heteroatoms. The first-order valence-corrected chi connectivity index (χ1v) is 10.3. The Morgan fingerprint density at radius 3 is 2.59 bits per heavy atom. The second kappa shape index (κ2) is 10.9. The summed E-state index contributed by atoms with van der Waals surface area (Å²) in [6, 6.07) is 11.2. The van der Waals surface area contributed by atoms with Crippen molar-refractivity contribution in [2.24, 2.45) is 0 Å². The predicted molar refractivity (Wildman–Crippen MR) is 127 cm³/mol. The molecule has 0 fully saturated rings. The topological polar surface area (TPSA) is 101 Å². The predicted octanol–water partition coefficient (Wildman–Crippen LogP) is 3.55. The Balaban J connectivity index is 1.62. The van der Waals surface area contributed by atoms with Gasteiger partial charge in [0.25, 0.3) is 5.91 Å². The van der Waals surface area contributed by atoms with E-state index in [1.165, 1.54) is 6.33 Å². The third-order valence-corrected chi connectivity index (χ3v) is 4.77. The monoisotopic (exact) mass is 432 g/mol. The molecular weight excluding hydrogens is 404 g/mol. The summed E-state index contributed by atoms with van der Waals surface area (Å²) in [7, 11) is 3.21. The Morgan fingerprint density at radius 1 is 1.06 bits per heavy atom. The smallest absolute Gasteiger partial charge is 0.251 e. The normalized spacial score (nSPS) is 10.3. The molecule has 0 saturated heterocycles. The van der Waals surface area contributed by atoms with Crippen LogP contribution in [0.5, 0.6) is 5.75 Å². The Morgan fingerprint density at radius 2 is 1.91 bits per heavy atom. The molecule has 0 saturated carbocycles. The number of pyridine rings is 1. The molecule has 1 aromatic carbocycles. The molecule has 3 rings (SSSR count). The first-order valence-electron chi connectivity index (χ1n) is 10.3. The van der Waals surface area contributed by atoms with Gasteiger partial charge in [-0.05, 0) is 43.2 Å². The van der Waals surface area contributed by atoms with E-state index >= 15 is 0 Å². The van der Waals surface area contributed by atoms with Gasteiger partial charge in [-0.3, -0.25) is 4.79 Å². The highest BCUT2D eigenvalue weighted by atomic mass is 16.5. The Hall–Kier alpha value is -3.94. The molecule has 0 aliphatic heterocycles. The largest absolute Gasteiger partial charge is 0.496 e. The molecule has 0 aliphatic rings. The van der Waals surface area contributed by atoms with E-state index in [0.29, 0.717) is 30.8 Å². The van der Waals surface area contributed by atoms with Crippen LogP contribution in [-0.2, 0) is 6.42 Å². The van der Waals surface area contributed by atoms with E-state index in [1.807, 2.05) is 31.2 Å². The van der Waals surface area contributed by atoms with E-state index in [0.717, 1.165) is 34.0 Å². The molecule has 166 valence electrons. The molecular formula is C24H28N6O2. The summed E-state index contributed by atoms with van der Waals surface area (Å²) in [5, 5.41) is 9.15. The van der Waals surface area contributed by atoms with E-state index in [-0.39, 0.29) is 5.91 Å². The molecule has 0 radical (unpaired) electrons. The molecule has 3 N–H and O–H groups in total. The van der Waals surface area contributed by atoms with Gasteiger partial charge in [0.15, 0.2) is 0 Å². The number of nitrogens with zero attached hydrogens (tertiary/aromatic N) is 3. The number of carbonyl (C=O) groups is 1. The number of rotatable bonds is 10. The van der Waals surface area contributed by atoms with Gasteiger partial charge in [0.05, 0.1) is 12.8 Å². The molecule has 1 amide bonds. The van der Waals surface area contributed by atoms with E-state index in [2.05, 4.69) is 37.5 Å². The zero-order valence-electron chi connectivity index (χ0n) is 18.6. The quantitative estimate of drug-likeness (QED) is 0.421. The fourth-order valence-corrected chi connectivity index (χ4v) is 3.07. The van der Waals surface area contributed by atoms with Crippen molar-refractivity contribution >= 4 is 17.5 Å². The lowest BCUT2D eigenvalue weighted by molar-refractivity contribution is 0.0962. The van der Waals surface area contributed by atoms with Crippen LogP contribution in [0.15, 0.2) is 61.1 Å². The molecule has 8 nitrogen and oxygen atoms in total. The van der Waals surface area contributed by atoms with Crippen LogP contribution < -0.4 is 20.7 Å². The molecule has 0 atom stereocenters. The number of nitrogens with one attached hydrogen (secondary N) is 3. The van der Waals surface area contributed by atoms with Gasteiger partial charge in [-0.15, -0.1) is 0 Å². The standard InChI is InChI=1S/C24H28N6O2/c1-16(2)13-27-22-8-7-19(14-28-22)20-12-23(30-15-29-20)26-10-9-17-5-6-18(24(31)25-3)11-21(17)32-4/h5-8,11-12,14-15H,1,9-10,13H2,2-4H3,(H,25,31)(H,27,28)(H,26,29,30). The third kappa shape index (κ3) is 6.04. The molecule has 2 heterocycles. The van der Waals surface area contributed by atoms with Gasteiger partial charge in [0.2, 0.25) is 0 Å². The van der Waals surface area contributed by atoms with Crippen molar-refractivity contribution in [3.63, 3.8) is 0 Å². The Kier molecular flexibility index (Phi) is 7.75. The first kappa shape index (κ1) is 22.7. The fourth-order valence-electron chi connectivity index (χ4n) is 3.07. The lowest BCUT2D eigenvalue weighted by Crippen LogP contribution is -2.18. The van der Waals surface area contributed by atoms with Gasteiger partial charge in [-0.1, -0.05) is 18.2 Å². The number of hydrogen-bond donors (Lipinski definition) is 3. The lowest BCUT2D eigenvalue weighted by Gasteiger charge is -2.12. The van der Waals surface area contributed by atoms with Crippen LogP contribution in [0.25, 0.3) is 11.3 Å². The molecule has 0 aliphatic carbocycles. The summed E-state index contributed by atoms with van der Waals surface area (Å²) in [6.45, 7) is 7.18. The van der Waals surface area contributed by atoms with Crippen LogP contribution in [0, 0.1) is 0 Å². The van der Waals surface area contributed by atoms with Gasteiger partial charge in [-0.2, -0.15) is 0 Å². The molecule has 0 unspecified atom stereocenters. The second-order valence-corrected chi connectivity index (χ2v) is 7.31. The highest BCUT2D eigenvalue weighted by Gasteiger charge is 2.09. The van der Waals surface area contributed by atoms with Gasteiger partial charge < -0.3 is 20.7 Å². The fraction of sp³-hybridized carbons (Fsp3) is 0.250. The number of ether oxygens (including phenoxy) is 1. The minimum Gasteiger partial charge on any atom is -0.496 e. The summed E-state index contributed by atoms with van der Waals surface area (Å²) in [6.07, 6.45) is 4.02. The van der Waals surface area contributed by atoms with Crippen LogP contribution in [-0.4, -0.2) is 48.1 Å². The van der Waals surface area contributed by atoms with Gasteiger partial charge >= 0.3 is 0 Å². The maximum absolute atomic E-state index is 11.8. The van der Waals surface area contributed by atoms with E-state index < -0.39 is 0 Å². The van der Waals surface area contributed by atoms with Crippen LogP contribution in [0.4, 0.5) is 11.6 Å². The summed E-state index contributed by atoms with van der Waals surface area (Å²) in [5.41, 5.74) is 4.30. The SMILES string of the molecule is C=C(C)CNc1ccc(-c2cc(NCCc3ccc(C(=O)NC)cc3OC)ncn2)cn1. The summed E-state index contributed by atoms with van der Waals surface area (Å²) >= 11 is 0. The minimum atomic E-state index is -0.143. The number of amides is 1. The van der Waals surface area contributed by atoms with Crippen LogP contribution in [0.3, 0.4) is 0 Å². The lowest BCUT2D eigenvalue weighted by atomic mass is 10.1. The summed E-state index contributed by atoms with van der Waals surface area (Å²) < 4.78 is 5.45. The van der Waals surface area contributed by atoms with E-state index in [1.54, 1.807) is 32.5 Å². The average molecular weight is 433 g/mol. The summed E-state index contributed by atoms with van der Waals surface area (Å²) in [4.78, 5) is 24.9. The van der Waals surface area contributed by atoms with E-state index in [4.69, 9.17) is 4.74 Å². The van der Waals surface area contributed by atoms with Gasteiger partial charge in [0.1, 0.15) is 23.7 Å².